The second kappa shape index (κ2) is 6.42. The number of anilines is 1. The van der Waals surface area contributed by atoms with E-state index in [2.05, 4.69) is 38.8 Å². The van der Waals surface area contributed by atoms with E-state index in [0.717, 1.165) is 35.3 Å². The summed E-state index contributed by atoms with van der Waals surface area (Å²) >= 11 is 3.55. The zero-order valence-electron chi connectivity index (χ0n) is 12.3. The molecule has 1 unspecified atom stereocenters. The molecule has 3 nitrogen and oxygen atoms in total. The number of nitrogens with zero attached hydrogens (tertiary/aromatic N) is 3. The summed E-state index contributed by atoms with van der Waals surface area (Å²) in [6.45, 7) is 4.60. The maximum Gasteiger partial charge on any atom is 0.135 e. The van der Waals surface area contributed by atoms with E-state index in [1.54, 1.807) is 0 Å². The van der Waals surface area contributed by atoms with Crippen molar-refractivity contribution in [3.05, 3.63) is 16.5 Å². The molecule has 0 spiro atoms. The zero-order valence-corrected chi connectivity index (χ0v) is 13.9. The van der Waals surface area contributed by atoms with Gasteiger partial charge >= 0.3 is 0 Å². The van der Waals surface area contributed by atoms with Gasteiger partial charge in [-0.15, -0.1) is 0 Å². The van der Waals surface area contributed by atoms with Crippen LogP contribution in [0, 0.1) is 5.92 Å². The molecule has 3 rings (SSSR count). The monoisotopic (exact) mass is 337 g/mol. The molecule has 2 fully saturated rings. The van der Waals surface area contributed by atoms with Crippen molar-refractivity contribution in [1.82, 2.24) is 9.97 Å². The minimum absolute atomic E-state index is 0.617. The van der Waals surface area contributed by atoms with E-state index in [9.17, 15) is 0 Å². The Morgan fingerprint density at radius 3 is 2.80 bits per heavy atom. The lowest BCUT2D eigenvalue weighted by Crippen LogP contribution is -2.25. The number of rotatable bonds is 4. The van der Waals surface area contributed by atoms with Gasteiger partial charge in [0.05, 0.1) is 0 Å². The number of halogens is 1. The fourth-order valence-electron chi connectivity index (χ4n) is 3.20. The molecule has 20 heavy (non-hydrogen) atoms. The fourth-order valence-corrected chi connectivity index (χ4v) is 3.59. The van der Waals surface area contributed by atoms with Crippen molar-refractivity contribution >= 4 is 21.7 Å². The van der Waals surface area contributed by atoms with Crippen LogP contribution >= 0.6 is 15.9 Å². The first-order chi connectivity index (χ1) is 9.76. The highest BCUT2D eigenvalue weighted by Crippen LogP contribution is 2.39. The highest BCUT2D eigenvalue weighted by Gasteiger charge is 2.28. The third-order valence-corrected chi connectivity index (χ3v) is 4.92. The summed E-state index contributed by atoms with van der Waals surface area (Å²) in [4.78, 5) is 11.8. The molecule has 0 bridgehead atoms. The van der Waals surface area contributed by atoms with Gasteiger partial charge in [0.1, 0.15) is 16.2 Å². The topological polar surface area (TPSA) is 29.0 Å². The molecule has 4 heteroatoms. The quantitative estimate of drug-likeness (QED) is 0.756. The third kappa shape index (κ3) is 3.51. The van der Waals surface area contributed by atoms with Gasteiger partial charge in [-0.25, -0.2) is 9.97 Å². The summed E-state index contributed by atoms with van der Waals surface area (Å²) < 4.78 is 0.943. The van der Waals surface area contributed by atoms with Crippen LogP contribution < -0.4 is 4.90 Å². The Morgan fingerprint density at radius 1 is 1.20 bits per heavy atom. The first kappa shape index (κ1) is 14.3. The van der Waals surface area contributed by atoms with Crippen LogP contribution in [0.25, 0.3) is 0 Å². The van der Waals surface area contributed by atoms with Crippen molar-refractivity contribution in [1.29, 1.82) is 0 Å². The molecule has 2 heterocycles. The Bertz CT molecular complexity index is 459. The van der Waals surface area contributed by atoms with Crippen molar-refractivity contribution < 1.29 is 0 Å². The Balaban J connectivity index is 1.71. The summed E-state index contributed by atoms with van der Waals surface area (Å²) in [5, 5.41) is 0. The number of hydrogen-bond donors (Lipinski definition) is 0. The largest absolute Gasteiger partial charge is 0.356 e. The van der Waals surface area contributed by atoms with Crippen LogP contribution in [0.4, 0.5) is 5.82 Å². The van der Waals surface area contributed by atoms with Gasteiger partial charge in [0.15, 0.2) is 0 Å². The molecule has 1 aliphatic carbocycles. The first-order valence-electron chi connectivity index (χ1n) is 8.05. The summed E-state index contributed by atoms with van der Waals surface area (Å²) in [7, 11) is 0. The molecular formula is C16H24BrN3. The molecule has 1 atom stereocenters. The number of hydrogen-bond acceptors (Lipinski definition) is 3. The van der Waals surface area contributed by atoms with Gasteiger partial charge in [-0.1, -0.05) is 19.8 Å². The SMILES string of the molecule is CCCC1CCCN(c2cc(Br)nc(C3CC3)n2)CC1. The average Bonchev–Trinajstić information content (AvgIpc) is 3.26. The lowest BCUT2D eigenvalue weighted by atomic mass is 9.96. The van der Waals surface area contributed by atoms with Crippen LogP contribution in [0.1, 0.15) is 63.6 Å². The zero-order chi connectivity index (χ0) is 13.9. The maximum atomic E-state index is 4.82. The van der Waals surface area contributed by atoms with Gasteiger partial charge in [0.2, 0.25) is 0 Å². The second-order valence-electron chi connectivity index (χ2n) is 6.25. The van der Waals surface area contributed by atoms with E-state index < -0.39 is 0 Å². The predicted molar refractivity (Wildman–Crippen MR) is 86.2 cm³/mol. The van der Waals surface area contributed by atoms with Gasteiger partial charge in [0.25, 0.3) is 0 Å². The van der Waals surface area contributed by atoms with Crippen molar-refractivity contribution in [2.45, 2.75) is 57.8 Å². The van der Waals surface area contributed by atoms with Gasteiger partial charge in [0, 0.05) is 25.1 Å². The van der Waals surface area contributed by atoms with E-state index in [4.69, 9.17) is 4.98 Å². The summed E-state index contributed by atoms with van der Waals surface area (Å²) in [5.74, 6) is 3.71. The third-order valence-electron chi connectivity index (χ3n) is 4.51. The molecule has 0 amide bonds. The van der Waals surface area contributed by atoms with Gasteiger partial charge in [-0.3, -0.25) is 0 Å². The average molecular weight is 338 g/mol. The van der Waals surface area contributed by atoms with Crippen molar-refractivity contribution in [3.63, 3.8) is 0 Å². The molecular weight excluding hydrogens is 314 g/mol. The van der Waals surface area contributed by atoms with Gasteiger partial charge in [-0.05, 0) is 54.0 Å². The highest BCUT2D eigenvalue weighted by molar-refractivity contribution is 9.10. The molecule has 0 N–H and O–H groups in total. The molecule has 2 aliphatic rings. The summed E-state index contributed by atoms with van der Waals surface area (Å²) in [6, 6.07) is 2.09. The van der Waals surface area contributed by atoms with E-state index in [1.165, 1.54) is 44.9 Å². The highest BCUT2D eigenvalue weighted by atomic mass is 79.9. The van der Waals surface area contributed by atoms with Crippen LogP contribution in [0.2, 0.25) is 0 Å². The lowest BCUT2D eigenvalue weighted by molar-refractivity contribution is 0.435. The van der Waals surface area contributed by atoms with Crippen LogP contribution in [-0.4, -0.2) is 23.1 Å². The normalized spacial score (nSPS) is 23.7. The van der Waals surface area contributed by atoms with Crippen LogP contribution in [0.5, 0.6) is 0 Å². The van der Waals surface area contributed by atoms with Crippen LogP contribution in [0.3, 0.4) is 0 Å². The molecule has 1 aromatic rings. The Morgan fingerprint density at radius 2 is 2.05 bits per heavy atom. The fraction of sp³-hybridized carbons (Fsp3) is 0.750. The minimum atomic E-state index is 0.617. The van der Waals surface area contributed by atoms with Gasteiger partial charge < -0.3 is 4.90 Å². The van der Waals surface area contributed by atoms with E-state index in [-0.39, 0.29) is 0 Å². The Labute approximate surface area is 130 Å². The maximum absolute atomic E-state index is 4.82. The lowest BCUT2D eigenvalue weighted by Gasteiger charge is -2.22. The summed E-state index contributed by atoms with van der Waals surface area (Å²) in [5.41, 5.74) is 0. The molecule has 1 saturated heterocycles. The second-order valence-corrected chi connectivity index (χ2v) is 7.07. The molecule has 1 aliphatic heterocycles. The standard InChI is InChI=1S/C16H24BrN3/c1-2-4-12-5-3-9-20(10-8-12)15-11-14(17)18-16(19-15)13-6-7-13/h11-13H,2-10H2,1H3. The molecule has 1 saturated carbocycles. The number of aromatic nitrogens is 2. The molecule has 0 aromatic carbocycles. The Kier molecular flexibility index (Phi) is 4.59. The van der Waals surface area contributed by atoms with Crippen molar-refractivity contribution in [3.8, 4) is 0 Å². The van der Waals surface area contributed by atoms with E-state index >= 15 is 0 Å². The molecule has 110 valence electrons. The predicted octanol–water partition coefficient (Wildman–Crippen LogP) is 4.52. The molecule has 0 radical (unpaired) electrons. The van der Waals surface area contributed by atoms with Crippen LogP contribution in [0.15, 0.2) is 10.7 Å². The Hall–Kier alpha value is -0.640. The van der Waals surface area contributed by atoms with Crippen molar-refractivity contribution in [2.75, 3.05) is 18.0 Å². The minimum Gasteiger partial charge on any atom is -0.356 e. The van der Waals surface area contributed by atoms with Crippen molar-refractivity contribution in [2.24, 2.45) is 5.92 Å². The van der Waals surface area contributed by atoms with E-state index in [1.807, 2.05) is 0 Å². The summed E-state index contributed by atoms with van der Waals surface area (Å²) in [6.07, 6.45) is 9.21. The first-order valence-corrected chi connectivity index (χ1v) is 8.85. The molecule has 1 aromatic heterocycles. The van der Waals surface area contributed by atoms with Crippen LogP contribution in [-0.2, 0) is 0 Å². The van der Waals surface area contributed by atoms with E-state index in [0.29, 0.717) is 5.92 Å². The smallest absolute Gasteiger partial charge is 0.135 e. The van der Waals surface area contributed by atoms with Gasteiger partial charge in [-0.2, -0.15) is 0 Å².